The van der Waals surface area contributed by atoms with Crippen molar-refractivity contribution < 1.29 is 14.3 Å². The lowest BCUT2D eigenvalue weighted by Gasteiger charge is -2.37. The third kappa shape index (κ3) is 8.17. The molecule has 0 saturated carbocycles. The van der Waals surface area contributed by atoms with E-state index in [1.165, 1.54) is 12.3 Å². The first-order valence-electron chi connectivity index (χ1n) is 8.81. The minimum absolute atomic E-state index is 0. The summed E-state index contributed by atoms with van der Waals surface area (Å²) in [5.74, 6) is 0.0927. The Morgan fingerprint density at radius 1 is 1.37 bits per heavy atom. The molecule has 0 aliphatic carbocycles. The Kier molecular flexibility index (Phi) is 11.1. The van der Waals surface area contributed by atoms with Gasteiger partial charge in [-0.25, -0.2) is 9.18 Å². The van der Waals surface area contributed by atoms with Gasteiger partial charge in [0, 0.05) is 44.0 Å². The molecule has 0 bridgehead atoms. The Morgan fingerprint density at radius 2 is 2.00 bits per heavy atom. The van der Waals surface area contributed by atoms with Crippen molar-refractivity contribution in [2.24, 2.45) is 5.92 Å². The SMILES string of the molecule is CNC(=O)N1CCC(CC(C)(C)NC[C@H](O)c2cncc(F)c2)CC1.Cl.Cl. The summed E-state index contributed by atoms with van der Waals surface area (Å²) < 4.78 is 13.2. The maximum absolute atomic E-state index is 13.2. The van der Waals surface area contributed by atoms with Gasteiger partial charge in [0.25, 0.3) is 0 Å². The van der Waals surface area contributed by atoms with Gasteiger partial charge in [-0.1, -0.05) is 0 Å². The van der Waals surface area contributed by atoms with Crippen molar-refractivity contribution >= 4 is 30.8 Å². The quantitative estimate of drug-likeness (QED) is 0.655. The van der Waals surface area contributed by atoms with Gasteiger partial charge in [-0.3, -0.25) is 4.98 Å². The number of aliphatic hydroxyl groups is 1. The zero-order valence-electron chi connectivity index (χ0n) is 16.1. The van der Waals surface area contributed by atoms with Crippen LogP contribution in [-0.2, 0) is 0 Å². The lowest BCUT2D eigenvalue weighted by Crippen LogP contribution is -2.47. The van der Waals surface area contributed by atoms with Crippen LogP contribution in [0.15, 0.2) is 18.5 Å². The summed E-state index contributed by atoms with van der Waals surface area (Å²) in [4.78, 5) is 17.3. The van der Waals surface area contributed by atoms with E-state index in [-0.39, 0.29) is 36.4 Å². The number of amides is 2. The van der Waals surface area contributed by atoms with Gasteiger partial charge >= 0.3 is 6.03 Å². The zero-order chi connectivity index (χ0) is 18.4. The summed E-state index contributed by atoms with van der Waals surface area (Å²) in [5.41, 5.74) is 0.323. The largest absolute Gasteiger partial charge is 0.387 e. The second kappa shape index (κ2) is 11.6. The molecular formula is C18H31Cl2FN4O2. The smallest absolute Gasteiger partial charge is 0.317 e. The molecule has 156 valence electrons. The summed E-state index contributed by atoms with van der Waals surface area (Å²) in [7, 11) is 1.65. The number of halogens is 3. The Hall–Kier alpha value is -1.15. The summed E-state index contributed by atoms with van der Waals surface area (Å²) in [6.45, 7) is 6.11. The van der Waals surface area contributed by atoms with Crippen LogP contribution in [0.3, 0.4) is 0 Å². The van der Waals surface area contributed by atoms with Crippen LogP contribution in [0.2, 0.25) is 0 Å². The first-order chi connectivity index (χ1) is 11.8. The third-order valence-corrected chi connectivity index (χ3v) is 4.80. The molecule has 2 rings (SSSR count). The summed E-state index contributed by atoms with van der Waals surface area (Å²) >= 11 is 0. The lowest BCUT2D eigenvalue weighted by atomic mass is 9.84. The van der Waals surface area contributed by atoms with Crippen molar-refractivity contribution in [3.05, 3.63) is 29.8 Å². The van der Waals surface area contributed by atoms with Crippen LogP contribution in [0, 0.1) is 11.7 Å². The highest BCUT2D eigenvalue weighted by Crippen LogP contribution is 2.26. The van der Waals surface area contributed by atoms with Gasteiger partial charge < -0.3 is 20.6 Å². The number of aliphatic hydroxyl groups excluding tert-OH is 1. The van der Waals surface area contributed by atoms with E-state index in [1.54, 1.807) is 7.05 Å². The van der Waals surface area contributed by atoms with E-state index in [2.05, 4.69) is 29.5 Å². The molecular weight excluding hydrogens is 394 g/mol. The maximum Gasteiger partial charge on any atom is 0.317 e. The average molecular weight is 425 g/mol. The van der Waals surface area contributed by atoms with E-state index >= 15 is 0 Å². The molecule has 0 spiro atoms. The zero-order valence-corrected chi connectivity index (χ0v) is 17.7. The van der Waals surface area contributed by atoms with E-state index in [0.29, 0.717) is 18.0 Å². The Bertz CT molecular complexity index is 584. The van der Waals surface area contributed by atoms with Crippen LogP contribution in [0.25, 0.3) is 0 Å². The predicted octanol–water partition coefficient (Wildman–Crippen LogP) is 2.91. The fraction of sp³-hybridized carbons (Fsp3) is 0.667. The number of β-amino-alcohol motifs (C(OH)–C–C–N with tert-alkyl or cyclic N) is 1. The molecule has 1 aliphatic heterocycles. The number of nitrogens with zero attached hydrogens (tertiary/aromatic N) is 2. The van der Waals surface area contributed by atoms with Gasteiger partial charge in [0.1, 0.15) is 5.82 Å². The normalized spacial score (nSPS) is 16.1. The molecule has 3 N–H and O–H groups in total. The minimum Gasteiger partial charge on any atom is -0.387 e. The molecule has 1 aliphatic rings. The maximum atomic E-state index is 13.2. The number of pyridine rings is 1. The topological polar surface area (TPSA) is 77.5 Å². The van der Waals surface area contributed by atoms with Gasteiger partial charge in [0.2, 0.25) is 0 Å². The summed E-state index contributed by atoms with van der Waals surface area (Å²) in [5, 5.41) is 16.3. The van der Waals surface area contributed by atoms with Crippen molar-refractivity contribution in [2.75, 3.05) is 26.7 Å². The van der Waals surface area contributed by atoms with Gasteiger partial charge in [0.05, 0.1) is 12.3 Å². The molecule has 1 atom stereocenters. The molecule has 0 aromatic carbocycles. The van der Waals surface area contributed by atoms with E-state index in [1.807, 2.05) is 4.90 Å². The fourth-order valence-electron chi connectivity index (χ4n) is 3.39. The summed E-state index contributed by atoms with van der Waals surface area (Å²) in [6, 6.07) is 1.29. The highest BCUT2D eigenvalue weighted by Gasteiger charge is 2.28. The van der Waals surface area contributed by atoms with Crippen LogP contribution < -0.4 is 10.6 Å². The molecule has 27 heavy (non-hydrogen) atoms. The highest BCUT2D eigenvalue weighted by molar-refractivity contribution is 5.85. The number of urea groups is 1. The van der Waals surface area contributed by atoms with Crippen molar-refractivity contribution in [3.8, 4) is 0 Å². The van der Waals surface area contributed by atoms with Gasteiger partial charge in [-0.2, -0.15) is 0 Å². The second-order valence-corrected chi connectivity index (χ2v) is 7.41. The molecule has 1 fully saturated rings. The first-order valence-corrected chi connectivity index (χ1v) is 8.81. The minimum atomic E-state index is -0.794. The van der Waals surface area contributed by atoms with Crippen LogP contribution in [-0.4, -0.2) is 53.2 Å². The first kappa shape index (κ1) is 25.9. The molecule has 1 aromatic heterocycles. The molecule has 1 saturated heterocycles. The highest BCUT2D eigenvalue weighted by atomic mass is 35.5. The van der Waals surface area contributed by atoms with Gasteiger partial charge in [-0.05, 0) is 45.1 Å². The van der Waals surface area contributed by atoms with Crippen LogP contribution in [0.1, 0.15) is 44.8 Å². The van der Waals surface area contributed by atoms with Crippen molar-refractivity contribution in [3.63, 3.8) is 0 Å². The molecule has 1 aromatic rings. The Morgan fingerprint density at radius 3 is 2.56 bits per heavy atom. The van der Waals surface area contributed by atoms with Crippen molar-refractivity contribution in [1.82, 2.24) is 20.5 Å². The molecule has 0 unspecified atom stereocenters. The number of hydrogen-bond acceptors (Lipinski definition) is 4. The van der Waals surface area contributed by atoms with Crippen LogP contribution in [0.4, 0.5) is 9.18 Å². The van der Waals surface area contributed by atoms with Crippen LogP contribution >= 0.6 is 24.8 Å². The molecule has 9 heteroatoms. The fourth-order valence-corrected chi connectivity index (χ4v) is 3.39. The third-order valence-electron chi connectivity index (χ3n) is 4.80. The van der Waals surface area contributed by atoms with Crippen molar-refractivity contribution in [1.29, 1.82) is 0 Å². The number of carbonyl (C=O) groups is 1. The summed E-state index contributed by atoms with van der Waals surface area (Å²) in [6.07, 6.45) is 4.74. The standard InChI is InChI=1S/C18H29FN4O2.2ClH/c1-18(2,9-13-4-6-23(7-5-13)17(25)20-3)22-12-16(24)14-8-15(19)11-21-10-14;;/h8,10-11,13,16,22,24H,4-7,9,12H2,1-3H3,(H,20,25);2*1H/t16-;;/m0../s1. The Labute approximate surface area is 173 Å². The van der Waals surface area contributed by atoms with Gasteiger partial charge in [-0.15, -0.1) is 24.8 Å². The Balaban J connectivity index is 0.00000338. The molecule has 2 amide bonds. The van der Waals surface area contributed by atoms with E-state index in [4.69, 9.17) is 0 Å². The van der Waals surface area contributed by atoms with Crippen LogP contribution in [0.5, 0.6) is 0 Å². The number of nitrogens with one attached hydrogen (secondary N) is 2. The number of aromatic nitrogens is 1. The van der Waals surface area contributed by atoms with Crippen molar-refractivity contribution in [2.45, 2.75) is 44.8 Å². The number of likely N-dealkylation sites (tertiary alicyclic amines) is 1. The number of rotatable bonds is 6. The number of hydrogen-bond donors (Lipinski definition) is 3. The average Bonchev–Trinajstić information content (AvgIpc) is 2.59. The van der Waals surface area contributed by atoms with E-state index in [0.717, 1.165) is 38.5 Å². The number of piperidine rings is 1. The molecule has 2 heterocycles. The number of carbonyl (C=O) groups excluding carboxylic acids is 1. The molecule has 6 nitrogen and oxygen atoms in total. The molecule has 0 radical (unpaired) electrons. The van der Waals surface area contributed by atoms with E-state index < -0.39 is 11.9 Å². The monoisotopic (exact) mass is 424 g/mol. The predicted molar refractivity (Wildman–Crippen MR) is 109 cm³/mol. The van der Waals surface area contributed by atoms with Gasteiger partial charge in [0.15, 0.2) is 0 Å². The lowest BCUT2D eigenvalue weighted by molar-refractivity contribution is 0.138. The van der Waals surface area contributed by atoms with E-state index in [9.17, 15) is 14.3 Å². The second-order valence-electron chi connectivity index (χ2n) is 7.41.